The van der Waals surface area contributed by atoms with Gasteiger partial charge in [0, 0.05) is 6.20 Å². The standard InChI is InChI=1S/C16H4BF18N5/c18-11(19,20)5-1-8(14(27,28)29)38(4-5)17(39-9(15(30,31)32)2-6(36-39)12(21,22)23)40-10(16(33,34)35)3-7(37-40)13(24,25)26/h1-4H. The third-order valence-electron chi connectivity index (χ3n) is 4.79. The highest BCUT2D eigenvalue weighted by Gasteiger charge is 2.52. The SMILES string of the molecule is FC(F)(F)c1cc(C(F)(F)F)n(B(n2nc(C(F)(F)F)cc2C(F)(F)F)n2nc(C(F)(F)F)cc2C(F)(F)F)c1. The highest BCUT2D eigenvalue weighted by Crippen LogP contribution is 2.41. The lowest BCUT2D eigenvalue weighted by molar-refractivity contribution is -0.144. The first-order chi connectivity index (χ1) is 17.6. The van der Waals surface area contributed by atoms with Crippen molar-refractivity contribution in [2.75, 3.05) is 0 Å². The highest BCUT2D eigenvalue weighted by molar-refractivity contribution is 6.53. The van der Waals surface area contributed by atoms with Gasteiger partial charge in [-0.05, 0) is 18.2 Å². The fraction of sp³-hybridized carbons (Fsp3) is 0.375. The molecule has 24 heteroatoms. The second-order valence-corrected chi connectivity index (χ2v) is 7.57. The molecule has 0 saturated heterocycles. The number of nitrogens with zero attached hydrogens (tertiary/aromatic N) is 5. The first-order valence-corrected chi connectivity index (χ1v) is 9.47. The summed E-state index contributed by atoms with van der Waals surface area (Å²) in [7, 11) is -3.95. The highest BCUT2D eigenvalue weighted by atomic mass is 19.4. The van der Waals surface area contributed by atoms with Crippen molar-refractivity contribution in [3.8, 4) is 0 Å². The van der Waals surface area contributed by atoms with E-state index in [9.17, 15) is 79.0 Å². The van der Waals surface area contributed by atoms with Crippen molar-refractivity contribution in [3.63, 3.8) is 0 Å². The molecule has 0 radical (unpaired) electrons. The molecule has 0 saturated carbocycles. The Morgan fingerprint density at radius 2 is 0.800 bits per heavy atom. The topological polar surface area (TPSA) is 40.6 Å². The Hall–Kier alpha value is -3.50. The van der Waals surface area contributed by atoms with Crippen LogP contribution in [0.4, 0.5) is 79.0 Å². The zero-order valence-corrected chi connectivity index (χ0v) is 17.9. The summed E-state index contributed by atoms with van der Waals surface area (Å²) in [6.45, 7) is 0. The smallest absolute Gasteiger partial charge is 0.345 e. The maximum Gasteiger partial charge on any atom is 0.552 e. The van der Waals surface area contributed by atoms with Gasteiger partial charge >= 0.3 is 44.2 Å². The Morgan fingerprint density at radius 1 is 0.450 bits per heavy atom. The van der Waals surface area contributed by atoms with Crippen LogP contribution < -0.4 is 0 Å². The normalized spacial score (nSPS) is 14.2. The summed E-state index contributed by atoms with van der Waals surface area (Å²) in [5.74, 6) is 0. The summed E-state index contributed by atoms with van der Waals surface area (Å²) in [5, 5.41) is 4.57. The lowest BCUT2D eigenvalue weighted by atomic mass is 9.91. The quantitative estimate of drug-likeness (QED) is 0.236. The maximum absolute atomic E-state index is 13.6. The molecule has 0 amide bonds. The van der Waals surface area contributed by atoms with Crippen LogP contribution in [0, 0.1) is 0 Å². The van der Waals surface area contributed by atoms with E-state index in [1.54, 1.807) is 0 Å². The number of rotatable bonds is 3. The molecule has 0 aromatic carbocycles. The van der Waals surface area contributed by atoms with E-state index in [0.717, 1.165) is 0 Å². The van der Waals surface area contributed by atoms with Gasteiger partial charge in [-0.15, -0.1) is 0 Å². The predicted octanol–water partition coefficient (Wildman–Crippen LogP) is 6.92. The van der Waals surface area contributed by atoms with E-state index in [0.29, 0.717) is 0 Å². The van der Waals surface area contributed by atoms with Crippen molar-refractivity contribution < 1.29 is 79.0 Å². The molecule has 0 fully saturated rings. The van der Waals surface area contributed by atoms with Gasteiger partial charge in [-0.2, -0.15) is 89.2 Å². The van der Waals surface area contributed by atoms with E-state index in [4.69, 9.17) is 0 Å². The molecule has 0 N–H and O–H groups in total. The number of hydrogen-bond acceptors (Lipinski definition) is 2. The first-order valence-electron chi connectivity index (χ1n) is 9.47. The van der Waals surface area contributed by atoms with Crippen LogP contribution >= 0.6 is 0 Å². The lowest BCUT2D eigenvalue weighted by Crippen LogP contribution is -2.48. The van der Waals surface area contributed by atoms with Crippen LogP contribution in [0.25, 0.3) is 0 Å². The average Bonchev–Trinajstić information content (AvgIpc) is 3.42. The third kappa shape index (κ3) is 5.98. The molecule has 3 aromatic rings. The van der Waals surface area contributed by atoms with Gasteiger partial charge in [-0.1, -0.05) is 0 Å². The molecule has 0 atom stereocenters. The van der Waals surface area contributed by atoms with Crippen molar-refractivity contribution >= 4 is 7.12 Å². The van der Waals surface area contributed by atoms with Crippen LogP contribution in [0.3, 0.4) is 0 Å². The number of aromatic nitrogens is 5. The first kappa shape index (κ1) is 31.0. The molecule has 0 bridgehead atoms. The van der Waals surface area contributed by atoms with Crippen molar-refractivity contribution in [2.24, 2.45) is 0 Å². The van der Waals surface area contributed by atoms with Gasteiger partial charge in [0.25, 0.3) is 0 Å². The van der Waals surface area contributed by atoms with Gasteiger partial charge in [0.05, 0.1) is 5.56 Å². The van der Waals surface area contributed by atoms with Gasteiger partial charge in [-0.3, -0.25) is 9.19 Å². The summed E-state index contributed by atoms with van der Waals surface area (Å²) in [6, 6.07) is -2.72. The second kappa shape index (κ2) is 9.01. The molecule has 0 aliphatic carbocycles. The maximum atomic E-state index is 13.6. The Labute approximate surface area is 206 Å². The average molecular weight is 619 g/mol. The molecule has 0 aliphatic rings. The number of halogens is 18. The molecule has 3 heterocycles. The minimum absolute atomic E-state index is 0.780. The fourth-order valence-electron chi connectivity index (χ4n) is 3.23. The zero-order valence-electron chi connectivity index (χ0n) is 17.9. The van der Waals surface area contributed by atoms with Crippen LogP contribution in [-0.4, -0.2) is 31.0 Å². The molecular weight excluding hydrogens is 615 g/mol. The Bertz CT molecular complexity index is 1210. The fourth-order valence-corrected chi connectivity index (χ4v) is 3.23. The molecule has 0 aliphatic heterocycles. The number of hydrogen-bond donors (Lipinski definition) is 0. The van der Waals surface area contributed by atoms with E-state index < -0.39 is 116 Å². The molecule has 5 nitrogen and oxygen atoms in total. The Balaban J connectivity index is 2.60. The minimum Gasteiger partial charge on any atom is -0.345 e. The Kier molecular flexibility index (Phi) is 6.99. The summed E-state index contributed by atoms with van der Waals surface area (Å²) in [5.41, 5.74) is -16.0. The van der Waals surface area contributed by atoms with Gasteiger partial charge in [0.1, 0.15) is 17.1 Å². The summed E-state index contributed by atoms with van der Waals surface area (Å²) >= 11 is 0. The van der Waals surface area contributed by atoms with E-state index >= 15 is 0 Å². The summed E-state index contributed by atoms with van der Waals surface area (Å²) in [4.78, 5) is 0. The summed E-state index contributed by atoms with van der Waals surface area (Å²) in [6.07, 6.45) is -36.7. The van der Waals surface area contributed by atoms with Crippen molar-refractivity contribution in [1.82, 2.24) is 23.9 Å². The predicted molar refractivity (Wildman–Crippen MR) is 90.8 cm³/mol. The molecule has 40 heavy (non-hydrogen) atoms. The molecule has 0 spiro atoms. The molecular formula is C16H4BF18N5. The zero-order chi connectivity index (χ0) is 31.0. The lowest BCUT2D eigenvalue weighted by Gasteiger charge is -2.23. The van der Waals surface area contributed by atoms with Crippen LogP contribution in [0.5, 0.6) is 0 Å². The van der Waals surface area contributed by atoms with Crippen LogP contribution in [0.15, 0.2) is 24.4 Å². The second-order valence-electron chi connectivity index (χ2n) is 7.57. The van der Waals surface area contributed by atoms with Crippen LogP contribution in [-0.2, 0) is 37.1 Å². The molecule has 3 aromatic heterocycles. The van der Waals surface area contributed by atoms with E-state index in [-0.39, 0.29) is 0 Å². The van der Waals surface area contributed by atoms with Crippen molar-refractivity contribution in [3.05, 3.63) is 58.4 Å². The number of alkyl halides is 18. The van der Waals surface area contributed by atoms with Gasteiger partial charge in [-0.25, -0.2) is 0 Å². The van der Waals surface area contributed by atoms with Crippen molar-refractivity contribution in [2.45, 2.75) is 37.1 Å². The van der Waals surface area contributed by atoms with E-state index in [1.807, 2.05) is 0 Å². The molecule has 0 unspecified atom stereocenters. The van der Waals surface area contributed by atoms with Gasteiger partial charge in [0.2, 0.25) is 0 Å². The van der Waals surface area contributed by atoms with Crippen molar-refractivity contribution in [1.29, 1.82) is 0 Å². The van der Waals surface area contributed by atoms with E-state index in [2.05, 4.69) is 10.2 Å². The monoisotopic (exact) mass is 619 g/mol. The van der Waals surface area contributed by atoms with E-state index in [1.165, 1.54) is 0 Å². The summed E-state index contributed by atoms with van der Waals surface area (Å²) < 4.78 is 238. The molecule has 222 valence electrons. The van der Waals surface area contributed by atoms with Crippen LogP contribution in [0.2, 0.25) is 0 Å². The van der Waals surface area contributed by atoms with Gasteiger partial charge < -0.3 is 4.48 Å². The Morgan fingerprint density at radius 3 is 1.07 bits per heavy atom. The third-order valence-corrected chi connectivity index (χ3v) is 4.79. The van der Waals surface area contributed by atoms with Crippen LogP contribution in [0.1, 0.15) is 34.0 Å². The van der Waals surface area contributed by atoms with Gasteiger partial charge in [0.15, 0.2) is 11.4 Å². The molecule has 3 rings (SSSR count). The largest absolute Gasteiger partial charge is 0.552 e. The minimum atomic E-state index is -6.12.